The van der Waals surface area contributed by atoms with Gasteiger partial charge in [-0.2, -0.15) is 10.5 Å². The summed E-state index contributed by atoms with van der Waals surface area (Å²) in [6.45, 7) is 0. The van der Waals surface area contributed by atoms with Crippen LogP contribution in [0, 0.1) is 28.5 Å². The van der Waals surface area contributed by atoms with Crippen molar-refractivity contribution in [2.45, 2.75) is 0 Å². The summed E-state index contributed by atoms with van der Waals surface area (Å²) in [5.41, 5.74) is 0.580. The van der Waals surface area contributed by atoms with Crippen LogP contribution in [0.5, 0.6) is 5.75 Å². The Morgan fingerprint density at radius 2 is 1.94 bits per heavy atom. The molecular formula is C13H12FN3O. The molecule has 92 valence electrons. The first kappa shape index (κ1) is 13.5. The Hall–Kier alpha value is -2.53. The third kappa shape index (κ3) is 2.78. The molecule has 18 heavy (non-hydrogen) atoms. The van der Waals surface area contributed by atoms with Gasteiger partial charge in [-0.15, -0.1) is 0 Å². The van der Waals surface area contributed by atoms with Crippen molar-refractivity contribution < 1.29 is 9.13 Å². The number of hydrogen-bond donors (Lipinski definition) is 0. The summed E-state index contributed by atoms with van der Waals surface area (Å²) >= 11 is 0. The van der Waals surface area contributed by atoms with E-state index in [2.05, 4.69) is 0 Å². The van der Waals surface area contributed by atoms with Crippen molar-refractivity contribution in [3.8, 4) is 17.9 Å². The van der Waals surface area contributed by atoms with Gasteiger partial charge in [0.1, 0.15) is 29.3 Å². The molecular weight excluding hydrogens is 233 g/mol. The largest absolute Gasteiger partial charge is 0.497 e. The van der Waals surface area contributed by atoms with E-state index in [-0.39, 0.29) is 11.1 Å². The maximum atomic E-state index is 13.9. The predicted molar refractivity (Wildman–Crippen MR) is 66.5 cm³/mol. The first-order valence-electron chi connectivity index (χ1n) is 5.10. The van der Waals surface area contributed by atoms with Crippen molar-refractivity contribution in [1.29, 1.82) is 10.5 Å². The Bertz CT molecular complexity index is 549. The molecule has 1 rings (SSSR count). The Morgan fingerprint density at radius 3 is 2.39 bits per heavy atom. The van der Waals surface area contributed by atoms with Crippen LogP contribution in [0.2, 0.25) is 0 Å². The van der Waals surface area contributed by atoms with Crippen molar-refractivity contribution in [2.75, 3.05) is 26.1 Å². The zero-order valence-corrected chi connectivity index (χ0v) is 10.4. The van der Waals surface area contributed by atoms with Crippen molar-refractivity contribution in [3.05, 3.63) is 29.1 Å². The van der Waals surface area contributed by atoms with Crippen LogP contribution in [0.25, 0.3) is 6.08 Å². The number of rotatable bonds is 3. The molecule has 1 aromatic rings. The lowest BCUT2D eigenvalue weighted by Gasteiger charge is -2.17. The van der Waals surface area contributed by atoms with Crippen LogP contribution >= 0.6 is 0 Å². The summed E-state index contributed by atoms with van der Waals surface area (Å²) < 4.78 is 18.9. The van der Waals surface area contributed by atoms with Crippen molar-refractivity contribution in [3.63, 3.8) is 0 Å². The second-order valence-corrected chi connectivity index (χ2v) is 3.72. The highest BCUT2D eigenvalue weighted by atomic mass is 19.1. The van der Waals surface area contributed by atoms with Crippen molar-refractivity contribution in [1.82, 2.24) is 0 Å². The fourth-order valence-electron chi connectivity index (χ4n) is 1.44. The van der Waals surface area contributed by atoms with E-state index < -0.39 is 5.82 Å². The quantitative estimate of drug-likeness (QED) is 0.767. The summed E-state index contributed by atoms with van der Waals surface area (Å²) in [5, 5.41) is 17.4. The molecule has 0 atom stereocenters. The van der Waals surface area contributed by atoms with Gasteiger partial charge < -0.3 is 9.64 Å². The van der Waals surface area contributed by atoms with E-state index in [1.54, 1.807) is 37.2 Å². The summed E-state index contributed by atoms with van der Waals surface area (Å²) in [6.07, 6.45) is 1.23. The van der Waals surface area contributed by atoms with E-state index in [9.17, 15) is 4.39 Å². The molecule has 0 aliphatic heterocycles. The van der Waals surface area contributed by atoms with E-state index in [0.717, 1.165) is 0 Å². The summed E-state index contributed by atoms with van der Waals surface area (Å²) in [4.78, 5) is 1.68. The van der Waals surface area contributed by atoms with E-state index in [1.165, 1.54) is 19.3 Å². The number of benzene rings is 1. The lowest BCUT2D eigenvalue weighted by atomic mass is 10.1. The number of ether oxygens (including phenoxy) is 1. The number of methoxy groups -OCH3 is 1. The molecule has 0 aliphatic rings. The van der Waals surface area contributed by atoms with E-state index in [1.807, 2.05) is 0 Å². The smallest absolute Gasteiger partial charge is 0.136 e. The predicted octanol–water partition coefficient (Wildman–Crippen LogP) is 2.33. The van der Waals surface area contributed by atoms with E-state index in [4.69, 9.17) is 15.3 Å². The van der Waals surface area contributed by atoms with Crippen molar-refractivity contribution >= 4 is 11.8 Å². The highest BCUT2D eigenvalue weighted by Gasteiger charge is 2.12. The van der Waals surface area contributed by atoms with Gasteiger partial charge in [0.2, 0.25) is 0 Å². The number of hydrogen-bond acceptors (Lipinski definition) is 4. The molecule has 0 saturated heterocycles. The van der Waals surface area contributed by atoms with Crippen LogP contribution < -0.4 is 9.64 Å². The second kappa shape index (κ2) is 5.70. The fourth-order valence-corrected chi connectivity index (χ4v) is 1.44. The molecule has 0 fully saturated rings. The van der Waals surface area contributed by atoms with Gasteiger partial charge in [0, 0.05) is 31.8 Å². The standard InChI is InChI=1S/C13H12FN3O/c1-17(2)13-6-10(18-3)5-12(14)11(13)4-9(7-15)8-16/h4-6H,1-3H3. The van der Waals surface area contributed by atoms with Crippen molar-refractivity contribution in [2.24, 2.45) is 0 Å². The van der Waals surface area contributed by atoms with Crippen LogP contribution in [-0.4, -0.2) is 21.2 Å². The van der Waals surface area contributed by atoms with Gasteiger partial charge in [-0.3, -0.25) is 0 Å². The minimum Gasteiger partial charge on any atom is -0.497 e. The molecule has 1 aromatic carbocycles. The van der Waals surface area contributed by atoms with Gasteiger partial charge in [0.05, 0.1) is 12.8 Å². The molecule has 0 spiro atoms. The Kier molecular flexibility index (Phi) is 4.28. The Morgan fingerprint density at radius 1 is 1.33 bits per heavy atom. The molecule has 4 nitrogen and oxygen atoms in total. The third-order valence-corrected chi connectivity index (χ3v) is 2.33. The lowest BCUT2D eigenvalue weighted by molar-refractivity contribution is 0.411. The molecule has 0 bridgehead atoms. The van der Waals surface area contributed by atoms with E-state index >= 15 is 0 Å². The molecule has 0 aliphatic carbocycles. The minimum absolute atomic E-state index is 0.151. The zero-order valence-electron chi connectivity index (χ0n) is 10.4. The minimum atomic E-state index is -0.541. The van der Waals surface area contributed by atoms with Gasteiger partial charge in [0.15, 0.2) is 0 Å². The SMILES string of the molecule is COc1cc(F)c(C=C(C#N)C#N)c(N(C)C)c1. The molecule has 5 heteroatoms. The second-order valence-electron chi connectivity index (χ2n) is 3.72. The number of anilines is 1. The van der Waals surface area contributed by atoms with Crippen LogP contribution in [0.1, 0.15) is 5.56 Å². The maximum Gasteiger partial charge on any atom is 0.136 e. The first-order valence-corrected chi connectivity index (χ1v) is 5.10. The van der Waals surface area contributed by atoms with Crippen LogP contribution in [0.4, 0.5) is 10.1 Å². The molecule has 0 amide bonds. The Labute approximate surface area is 105 Å². The first-order chi connectivity index (χ1) is 8.53. The van der Waals surface area contributed by atoms with Crippen LogP contribution in [-0.2, 0) is 0 Å². The summed E-state index contributed by atoms with van der Waals surface area (Å²) in [7, 11) is 4.92. The molecule has 0 heterocycles. The number of nitrogens with zero attached hydrogens (tertiary/aromatic N) is 3. The fraction of sp³-hybridized carbons (Fsp3) is 0.231. The van der Waals surface area contributed by atoms with Gasteiger partial charge in [-0.1, -0.05) is 0 Å². The monoisotopic (exact) mass is 245 g/mol. The summed E-state index contributed by atoms with van der Waals surface area (Å²) in [6, 6.07) is 6.27. The lowest BCUT2D eigenvalue weighted by Crippen LogP contribution is -2.11. The number of nitriles is 2. The third-order valence-electron chi connectivity index (χ3n) is 2.33. The van der Waals surface area contributed by atoms with Crippen LogP contribution in [0.3, 0.4) is 0 Å². The maximum absolute atomic E-state index is 13.9. The average molecular weight is 245 g/mol. The zero-order chi connectivity index (χ0) is 13.7. The number of allylic oxidation sites excluding steroid dienone is 1. The number of halogens is 1. The van der Waals surface area contributed by atoms with Gasteiger partial charge in [-0.25, -0.2) is 4.39 Å². The molecule has 0 saturated carbocycles. The van der Waals surface area contributed by atoms with Gasteiger partial charge in [-0.05, 0) is 6.08 Å². The van der Waals surface area contributed by atoms with Crippen LogP contribution in [0.15, 0.2) is 17.7 Å². The molecule has 0 unspecified atom stereocenters. The van der Waals surface area contributed by atoms with Gasteiger partial charge >= 0.3 is 0 Å². The normalized spacial score (nSPS) is 9.00. The summed E-state index contributed by atoms with van der Waals surface area (Å²) in [5.74, 6) is -0.162. The van der Waals surface area contributed by atoms with E-state index in [0.29, 0.717) is 11.4 Å². The highest BCUT2D eigenvalue weighted by Crippen LogP contribution is 2.29. The molecule has 0 radical (unpaired) electrons. The topological polar surface area (TPSA) is 60.0 Å². The molecule has 0 aromatic heterocycles. The van der Waals surface area contributed by atoms with Gasteiger partial charge in [0.25, 0.3) is 0 Å². The average Bonchev–Trinajstić information content (AvgIpc) is 2.36. The Balaban J connectivity index is 3.49. The molecule has 0 N–H and O–H groups in total. The highest BCUT2D eigenvalue weighted by molar-refractivity contribution is 5.74.